The van der Waals surface area contributed by atoms with Crippen LogP contribution in [0.2, 0.25) is 0 Å². The molecule has 0 bridgehead atoms. The molecule has 0 aliphatic heterocycles. The Hall–Kier alpha value is -3.49. The SMILES string of the molecule is COc1ccccc1-c1csc(NC(=O)/C=C/c2cccc(OCc3csc(C)n3)c2)n1. The number of para-hydroxylation sites is 1. The minimum Gasteiger partial charge on any atom is -0.496 e. The summed E-state index contributed by atoms with van der Waals surface area (Å²) in [6.07, 6.45) is 3.22. The van der Waals surface area contributed by atoms with Gasteiger partial charge in [0.15, 0.2) is 5.13 Å². The van der Waals surface area contributed by atoms with Gasteiger partial charge in [-0.05, 0) is 42.8 Å². The van der Waals surface area contributed by atoms with Gasteiger partial charge in [0, 0.05) is 22.4 Å². The molecule has 4 aromatic rings. The van der Waals surface area contributed by atoms with Gasteiger partial charge in [-0.2, -0.15) is 0 Å². The lowest BCUT2D eigenvalue weighted by Gasteiger charge is -2.05. The van der Waals surface area contributed by atoms with Crippen LogP contribution in [0.25, 0.3) is 17.3 Å². The van der Waals surface area contributed by atoms with Crippen molar-refractivity contribution in [2.24, 2.45) is 0 Å². The van der Waals surface area contributed by atoms with E-state index in [9.17, 15) is 4.79 Å². The molecular formula is C24H21N3O3S2. The number of hydrogen-bond acceptors (Lipinski definition) is 7. The second-order valence-corrected chi connectivity index (χ2v) is 8.70. The van der Waals surface area contributed by atoms with Crippen molar-refractivity contribution < 1.29 is 14.3 Å². The number of rotatable bonds is 8. The first-order chi connectivity index (χ1) is 15.6. The Morgan fingerprint density at radius 2 is 1.97 bits per heavy atom. The van der Waals surface area contributed by atoms with Gasteiger partial charge in [-0.1, -0.05) is 24.3 Å². The first kappa shape index (κ1) is 21.7. The zero-order valence-electron chi connectivity index (χ0n) is 17.6. The number of methoxy groups -OCH3 is 1. The molecule has 0 aliphatic rings. The minimum absolute atomic E-state index is 0.254. The molecule has 0 radical (unpaired) electrons. The third-order valence-electron chi connectivity index (χ3n) is 4.46. The molecule has 1 amide bonds. The van der Waals surface area contributed by atoms with E-state index in [1.54, 1.807) is 24.5 Å². The zero-order valence-corrected chi connectivity index (χ0v) is 19.2. The molecule has 2 aromatic heterocycles. The summed E-state index contributed by atoms with van der Waals surface area (Å²) >= 11 is 2.96. The van der Waals surface area contributed by atoms with Crippen molar-refractivity contribution in [1.82, 2.24) is 9.97 Å². The van der Waals surface area contributed by atoms with Gasteiger partial charge in [-0.3, -0.25) is 10.1 Å². The van der Waals surface area contributed by atoms with E-state index in [-0.39, 0.29) is 5.91 Å². The van der Waals surface area contributed by atoms with Gasteiger partial charge in [0.2, 0.25) is 5.91 Å². The number of ether oxygens (including phenoxy) is 2. The molecule has 0 aliphatic carbocycles. The standard InChI is InChI=1S/C24H21N3O3S2/c1-16-25-18(14-31-16)13-30-19-7-5-6-17(12-19)10-11-23(28)27-24-26-21(15-32-24)20-8-3-4-9-22(20)29-2/h3-12,14-15H,13H2,1-2H3,(H,26,27,28)/b11-10+. The number of nitrogens with zero attached hydrogens (tertiary/aromatic N) is 2. The molecule has 1 N–H and O–H groups in total. The summed E-state index contributed by atoms with van der Waals surface area (Å²) in [5.74, 6) is 1.21. The fourth-order valence-corrected chi connectivity index (χ4v) is 4.28. The number of carbonyl (C=O) groups excluding carboxylic acids is 1. The second kappa shape index (κ2) is 10.2. The summed E-state index contributed by atoms with van der Waals surface area (Å²) in [6, 6.07) is 15.2. The summed E-state index contributed by atoms with van der Waals surface area (Å²) in [5, 5.41) is 8.22. The van der Waals surface area contributed by atoms with Crippen LogP contribution in [0.5, 0.6) is 11.5 Å². The molecule has 0 saturated carbocycles. The molecule has 2 heterocycles. The van der Waals surface area contributed by atoms with Crippen LogP contribution in [-0.2, 0) is 11.4 Å². The van der Waals surface area contributed by atoms with Crippen LogP contribution in [0, 0.1) is 6.92 Å². The highest BCUT2D eigenvalue weighted by molar-refractivity contribution is 7.14. The Bertz CT molecular complexity index is 1250. The zero-order chi connectivity index (χ0) is 22.3. The number of amides is 1. The number of hydrogen-bond donors (Lipinski definition) is 1. The Labute approximate surface area is 194 Å². The Kier molecular flexibility index (Phi) is 6.94. The highest BCUT2D eigenvalue weighted by atomic mass is 32.1. The predicted molar refractivity (Wildman–Crippen MR) is 129 cm³/mol. The third-order valence-corrected chi connectivity index (χ3v) is 6.04. The molecule has 2 aromatic carbocycles. The van der Waals surface area contributed by atoms with Crippen molar-refractivity contribution in [1.29, 1.82) is 0 Å². The van der Waals surface area contributed by atoms with Gasteiger partial charge in [0.05, 0.1) is 23.5 Å². The van der Waals surface area contributed by atoms with Crippen molar-refractivity contribution in [3.05, 3.63) is 81.6 Å². The Balaban J connectivity index is 1.36. The smallest absolute Gasteiger partial charge is 0.250 e. The van der Waals surface area contributed by atoms with E-state index in [2.05, 4.69) is 15.3 Å². The van der Waals surface area contributed by atoms with E-state index in [1.165, 1.54) is 17.4 Å². The van der Waals surface area contributed by atoms with Crippen LogP contribution < -0.4 is 14.8 Å². The molecule has 6 nitrogen and oxygen atoms in total. The van der Waals surface area contributed by atoms with Gasteiger partial charge in [0.1, 0.15) is 18.1 Å². The van der Waals surface area contributed by atoms with Gasteiger partial charge < -0.3 is 9.47 Å². The van der Waals surface area contributed by atoms with Gasteiger partial charge in [-0.25, -0.2) is 9.97 Å². The van der Waals surface area contributed by atoms with E-state index < -0.39 is 0 Å². The summed E-state index contributed by atoms with van der Waals surface area (Å²) in [7, 11) is 1.62. The second-order valence-electron chi connectivity index (χ2n) is 6.78. The fourth-order valence-electron chi connectivity index (χ4n) is 2.97. The van der Waals surface area contributed by atoms with E-state index in [0.29, 0.717) is 11.7 Å². The average molecular weight is 464 g/mol. The minimum atomic E-state index is -0.254. The molecule has 0 atom stereocenters. The molecule has 162 valence electrons. The van der Waals surface area contributed by atoms with E-state index in [0.717, 1.165) is 39.0 Å². The molecule has 0 spiro atoms. The summed E-state index contributed by atoms with van der Waals surface area (Å²) in [4.78, 5) is 21.3. The first-order valence-electron chi connectivity index (χ1n) is 9.82. The molecule has 0 fully saturated rings. The van der Waals surface area contributed by atoms with E-state index in [4.69, 9.17) is 9.47 Å². The summed E-state index contributed by atoms with van der Waals surface area (Å²) < 4.78 is 11.2. The molecule has 4 rings (SSSR count). The maximum absolute atomic E-state index is 12.4. The number of nitrogens with one attached hydrogen (secondary N) is 1. The molecule has 0 unspecified atom stereocenters. The lowest BCUT2D eigenvalue weighted by Crippen LogP contribution is -2.07. The van der Waals surface area contributed by atoms with Crippen LogP contribution in [0.15, 0.2) is 65.4 Å². The average Bonchev–Trinajstić information content (AvgIpc) is 3.45. The lowest BCUT2D eigenvalue weighted by molar-refractivity contribution is -0.111. The van der Waals surface area contributed by atoms with E-state index in [1.807, 2.05) is 66.2 Å². The Morgan fingerprint density at radius 1 is 1.09 bits per heavy atom. The normalized spacial score (nSPS) is 10.9. The van der Waals surface area contributed by atoms with E-state index >= 15 is 0 Å². The van der Waals surface area contributed by atoms with Crippen molar-refractivity contribution in [2.45, 2.75) is 13.5 Å². The third kappa shape index (κ3) is 5.60. The van der Waals surface area contributed by atoms with Crippen molar-refractivity contribution >= 4 is 39.8 Å². The lowest BCUT2D eigenvalue weighted by atomic mass is 10.1. The molecule has 0 saturated heterocycles. The summed E-state index contributed by atoms with van der Waals surface area (Å²) in [5.41, 5.74) is 3.41. The van der Waals surface area contributed by atoms with Gasteiger partial charge in [0.25, 0.3) is 0 Å². The van der Waals surface area contributed by atoms with Crippen LogP contribution in [0.4, 0.5) is 5.13 Å². The number of aromatic nitrogens is 2. The molecule has 8 heteroatoms. The number of thiazole rings is 2. The highest BCUT2D eigenvalue weighted by Gasteiger charge is 2.10. The van der Waals surface area contributed by atoms with Crippen molar-refractivity contribution in [3.8, 4) is 22.8 Å². The van der Waals surface area contributed by atoms with Gasteiger partial charge in [-0.15, -0.1) is 22.7 Å². The topological polar surface area (TPSA) is 73.3 Å². The highest BCUT2D eigenvalue weighted by Crippen LogP contribution is 2.31. The quantitative estimate of drug-likeness (QED) is 0.334. The predicted octanol–water partition coefficient (Wildman–Crippen LogP) is 5.81. The molecule has 32 heavy (non-hydrogen) atoms. The maximum atomic E-state index is 12.4. The Morgan fingerprint density at radius 3 is 2.78 bits per heavy atom. The van der Waals surface area contributed by atoms with Gasteiger partial charge >= 0.3 is 0 Å². The van der Waals surface area contributed by atoms with Crippen LogP contribution >= 0.6 is 22.7 Å². The fraction of sp³-hybridized carbons (Fsp3) is 0.125. The number of carbonyl (C=O) groups is 1. The first-order valence-corrected chi connectivity index (χ1v) is 11.6. The number of aryl methyl sites for hydroxylation is 1. The van der Waals surface area contributed by atoms with Crippen LogP contribution in [0.1, 0.15) is 16.3 Å². The summed E-state index contributed by atoms with van der Waals surface area (Å²) in [6.45, 7) is 2.38. The monoisotopic (exact) mass is 463 g/mol. The number of anilines is 1. The van der Waals surface area contributed by atoms with Crippen LogP contribution in [-0.4, -0.2) is 23.0 Å². The molecular weight excluding hydrogens is 442 g/mol. The maximum Gasteiger partial charge on any atom is 0.250 e. The largest absolute Gasteiger partial charge is 0.496 e. The number of benzene rings is 2. The van der Waals surface area contributed by atoms with Crippen LogP contribution in [0.3, 0.4) is 0 Å². The van der Waals surface area contributed by atoms with Crippen molar-refractivity contribution in [2.75, 3.05) is 12.4 Å². The van der Waals surface area contributed by atoms with Crippen molar-refractivity contribution in [3.63, 3.8) is 0 Å².